The van der Waals surface area contributed by atoms with E-state index in [2.05, 4.69) is 60.2 Å². The lowest BCUT2D eigenvalue weighted by Crippen LogP contribution is -2.43. The number of aryl methyl sites for hydroxylation is 1. The van der Waals surface area contributed by atoms with Gasteiger partial charge in [0.1, 0.15) is 23.6 Å². The van der Waals surface area contributed by atoms with Crippen molar-refractivity contribution in [2.45, 2.75) is 76.7 Å². The molecule has 42 heavy (non-hydrogen) atoms. The second kappa shape index (κ2) is 10.8. The summed E-state index contributed by atoms with van der Waals surface area (Å²) >= 11 is 0. The van der Waals surface area contributed by atoms with Crippen LogP contribution in [-0.2, 0) is 24.3 Å². The summed E-state index contributed by atoms with van der Waals surface area (Å²) in [4.78, 5) is 21.2. The summed E-state index contributed by atoms with van der Waals surface area (Å²) in [7, 11) is 1.94. The number of pyridine rings is 1. The number of hydrogen-bond donors (Lipinski definition) is 1. The molecule has 1 saturated carbocycles. The van der Waals surface area contributed by atoms with Gasteiger partial charge in [-0.3, -0.25) is 9.69 Å². The molecule has 1 aromatic carbocycles. The summed E-state index contributed by atoms with van der Waals surface area (Å²) in [6, 6.07) is 12.5. The smallest absolute Gasteiger partial charge is 0.274 e. The Labute approximate surface area is 248 Å². The molecule has 0 spiro atoms. The maximum Gasteiger partial charge on any atom is 0.274 e. The maximum atomic E-state index is 13.8. The number of rotatable bonds is 7. The van der Waals surface area contributed by atoms with Crippen LogP contribution in [0.5, 0.6) is 5.75 Å². The molecule has 6 rings (SSSR count). The average molecular weight is 568 g/mol. The average Bonchev–Trinajstić information content (AvgIpc) is 3.50. The Morgan fingerprint density at radius 3 is 2.81 bits per heavy atom. The molecule has 1 amide bonds. The third kappa shape index (κ3) is 5.17. The van der Waals surface area contributed by atoms with Crippen LogP contribution in [0.15, 0.2) is 36.7 Å². The number of aromatic nitrogens is 4. The van der Waals surface area contributed by atoms with E-state index in [0.29, 0.717) is 30.3 Å². The number of amides is 1. The molecule has 1 unspecified atom stereocenters. The minimum absolute atomic E-state index is 0.0148. The number of anilines is 1. The van der Waals surface area contributed by atoms with Crippen molar-refractivity contribution in [2.75, 3.05) is 25.0 Å². The summed E-state index contributed by atoms with van der Waals surface area (Å²) in [6.07, 6.45) is 6.35. The lowest BCUT2D eigenvalue weighted by atomic mass is 9.57. The molecule has 220 valence electrons. The lowest BCUT2D eigenvalue weighted by molar-refractivity contribution is 0.102. The predicted molar refractivity (Wildman–Crippen MR) is 160 cm³/mol. The third-order valence-corrected chi connectivity index (χ3v) is 9.63. The molecule has 9 nitrogen and oxygen atoms in total. The van der Waals surface area contributed by atoms with Gasteiger partial charge in [-0.05, 0) is 68.8 Å². The van der Waals surface area contributed by atoms with Crippen LogP contribution in [0.2, 0.25) is 0 Å². The molecule has 3 aromatic rings. The first-order chi connectivity index (χ1) is 20.1. The van der Waals surface area contributed by atoms with Gasteiger partial charge >= 0.3 is 0 Å². The molecule has 0 radical (unpaired) electrons. The zero-order valence-corrected chi connectivity index (χ0v) is 25.4. The number of carbonyl (C=O) groups is 1. The Morgan fingerprint density at radius 2 is 2.10 bits per heavy atom. The van der Waals surface area contributed by atoms with Gasteiger partial charge in [0, 0.05) is 54.1 Å². The third-order valence-electron chi connectivity index (χ3n) is 9.63. The van der Waals surface area contributed by atoms with Crippen molar-refractivity contribution in [3.05, 3.63) is 65.0 Å². The van der Waals surface area contributed by atoms with Gasteiger partial charge in [-0.15, -0.1) is 10.2 Å². The van der Waals surface area contributed by atoms with Gasteiger partial charge in [-0.2, -0.15) is 5.26 Å². The summed E-state index contributed by atoms with van der Waals surface area (Å²) in [5, 5.41) is 21.0. The second-order valence-electron chi connectivity index (χ2n) is 13.4. The quantitative estimate of drug-likeness (QED) is 0.411. The number of nitriles is 1. The molecule has 1 N–H and O–H groups in total. The molecule has 2 fully saturated rings. The highest BCUT2D eigenvalue weighted by molar-refractivity contribution is 6.03. The van der Waals surface area contributed by atoms with Crippen LogP contribution in [0, 0.1) is 23.2 Å². The molecule has 2 aliphatic heterocycles. The number of nitrogens with zero attached hydrogens (tertiary/aromatic N) is 6. The topological polar surface area (TPSA) is 109 Å². The number of hydrogen-bond acceptors (Lipinski definition) is 7. The number of piperidine rings is 1. The van der Waals surface area contributed by atoms with E-state index in [9.17, 15) is 10.1 Å². The first kappa shape index (κ1) is 28.4. The summed E-state index contributed by atoms with van der Waals surface area (Å²) in [5.41, 5.74) is 3.62. The van der Waals surface area contributed by atoms with Crippen LogP contribution in [0.25, 0.3) is 0 Å². The number of carbonyl (C=O) groups excluding carboxylic acids is 1. The Morgan fingerprint density at radius 1 is 1.29 bits per heavy atom. The van der Waals surface area contributed by atoms with E-state index >= 15 is 0 Å². The van der Waals surface area contributed by atoms with Crippen LogP contribution < -0.4 is 10.1 Å². The van der Waals surface area contributed by atoms with Gasteiger partial charge in [0.2, 0.25) is 0 Å². The van der Waals surface area contributed by atoms with E-state index in [1.165, 1.54) is 12.8 Å². The molecule has 2 atom stereocenters. The van der Waals surface area contributed by atoms with E-state index < -0.39 is 0 Å². The largest absolute Gasteiger partial charge is 0.490 e. The van der Waals surface area contributed by atoms with E-state index in [4.69, 9.17) is 9.72 Å². The highest BCUT2D eigenvalue weighted by Crippen LogP contribution is 2.50. The molecule has 9 heteroatoms. The van der Waals surface area contributed by atoms with E-state index in [-0.39, 0.29) is 28.7 Å². The fraction of sp³-hybridized carbons (Fsp3) is 0.545. The van der Waals surface area contributed by atoms with E-state index in [0.717, 1.165) is 54.3 Å². The van der Waals surface area contributed by atoms with Gasteiger partial charge in [0.05, 0.1) is 18.4 Å². The number of fused-ring (bicyclic) bond motifs is 1. The molecule has 0 bridgehead atoms. The first-order valence-electron chi connectivity index (χ1n) is 15.2. The van der Waals surface area contributed by atoms with Crippen LogP contribution in [0.3, 0.4) is 0 Å². The van der Waals surface area contributed by atoms with Crippen LogP contribution in [0.4, 0.5) is 5.69 Å². The van der Waals surface area contributed by atoms with E-state index in [1.807, 2.05) is 35.9 Å². The number of nitrogens with one attached hydrogen (secondary N) is 1. The second-order valence-corrected chi connectivity index (χ2v) is 13.4. The van der Waals surface area contributed by atoms with Crippen molar-refractivity contribution in [1.82, 2.24) is 24.6 Å². The molecule has 2 aromatic heterocycles. The molecular weight excluding hydrogens is 526 g/mol. The van der Waals surface area contributed by atoms with Gasteiger partial charge in [0.25, 0.3) is 5.91 Å². The van der Waals surface area contributed by atoms with Gasteiger partial charge in [0.15, 0.2) is 0 Å². The standard InChI is InChI=1S/C33H41N7O2/c1-21-8-7-11-40(18-21)22(2)26-13-27(37-30-29(26)42-19-32(30,3)4)31(41)36-25-10-6-9-24(12-25)33(14-23(15-33)17-34)16-28-38-35-20-39(28)5/h6,9-10,12-13,20-23H,7-8,11,14-16,18-19H2,1-5H3,(H,36,41)/t21-,22?,23?,33?/m0/s1. The van der Waals surface area contributed by atoms with E-state index in [1.54, 1.807) is 6.33 Å². The van der Waals surface area contributed by atoms with Crippen LogP contribution >= 0.6 is 0 Å². The fourth-order valence-corrected chi connectivity index (χ4v) is 7.03. The van der Waals surface area contributed by atoms with Crippen molar-refractivity contribution in [3.63, 3.8) is 0 Å². The zero-order valence-electron chi connectivity index (χ0n) is 25.4. The monoisotopic (exact) mass is 567 g/mol. The van der Waals surface area contributed by atoms with Gasteiger partial charge < -0.3 is 14.6 Å². The Bertz CT molecular complexity index is 1530. The Hall–Kier alpha value is -3.77. The molecule has 3 aliphatic rings. The minimum Gasteiger partial charge on any atom is -0.490 e. The molecule has 1 saturated heterocycles. The Balaban J connectivity index is 1.29. The maximum absolute atomic E-state index is 13.8. The van der Waals surface area contributed by atoms with Crippen molar-refractivity contribution >= 4 is 11.6 Å². The number of benzene rings is 1. The molecular formula is C33H41N7O2. The van der Waals surface area contributed by atoms with Crippen molar-refractivity contribution in [1.29, 1.82) is 5.26 Å². The summed E-state index contributed by atoms with van der Waals surface area (Å²) < 4.78 is 8.15. The molecule has 4 heterocycles. The zero-order chi connectivity index (χ0) is 29.6. The highest BCUT2D eigenvalue weighted by atomic mass is 16.5. The molecule has 1 aliphatic carbocycles. The summed E-state index contributed by atoms with van der Waals surface area (Å²) in [5.74, 6) is 2.16. The van der Waals surface area contributed by atoms with Crippen LogP contribution in [-0.4, -0.2) is 50.3 Å². The van der Waals surface area contributed by atoms with Gasteiger partial charge in [-0.25, -0.2) is 4.98 Å². The Kier molecular flexibility index (Phi) is 7.30. The number of ether oxygens (including phenoxy) is 1. The normalized spacial score (nSPS) is 25.5. The predicted octanol–water partition coefficient (Wildman–Crippen LogP) is 5.34. The van der Waals surface area contributed by atoms with Crippen molar-refractivity contribution < 1.29 is 9.53 Å². The summed E-state index contributed by atoms with van der Waals surface area (Å²) in [6.45, 7) is 11.4. The first-order valence-corrected chi connectivity index (χ1v) is 15.2. The minimum atomic E-state index is -0.275. The number of likely N-dealkylation sites (tertiary alicyclic amines) is 1. The van der Waals surface area contributed by atoms with Crippen molar-refractivity contribution in [3.8, 4) is 11.8 Å². The fourth-order valence-electron chi connectivity index (χ4n) is 7.03. The lowest BCUT2D eigenvalue weighted by Gasteiger charge is -2.45. The van der Waals surface area contributed by atoms with Crippen LogP contribution in [0.1, 0.15) is 92.6 Å². The van der Waals surface area contributed by atoms with Crippen molar-refractivity contribution in [2.24, 2.45) is 18.9 Å². The van der Waals surface area contributed by atoms with Gasteiger partial charge in [-0.1, -0.05) is 32.9 Å². The highest BCUT2D eigenvalue weighted by Gasteiger charge is 2.46. The SMILES string of the molecule is CC(c1cc(C(=O)Nc2cccc(C3(Cc4nncn4C)CC(C#N)C3)c2)nc2c1OCC2(C)C)N1CCC[C@H](C)C1.